The summed E-state index contributed by atoms with van der Waals surface area (Å²) in [5, 5.41) is 6.81. The zero-order chi connectivity index (χ0) is 17.6. The summed E-state index contributed by atoms with van der Waals surface area (Å²) >= 11 is 0. The average Bonchev–Trinajstić information content (AvgIpc) is 3.10. The molecule has 0 aliphatic carbocycles. The summed E-state index contributed by atoms with van der Waals surface area (Å²) in [5.74, 6) is 2.15. The van der Waals surface area contributed by atoms with Gasteiger partial charge in [0.15, 0.2) is 0 Å². The third kappa shape index (κ3) is 4.23. The van der Waals surface area contributed by atoms with Crippen molar-refractivity contribution < 1.29 is 14.1 Å². The average molecular weight is 337 g/mol. The zero-order valence-corrected chi connectivity index (χ0v) is 14.1. The summed E-state index contributed by atoms with van der Waals surface area (Å²) in [6.45, 7) is 3.41. The lowest BCUT2D eigenvalue weighted by Crippen LogP contribution is -2.25. The van der Waals surface area contributed by atoms with E-state index in [0.717, 1.165) is 11.3 Å². The largest absolute Gasteiger partial charge is 0.457 e. The van der Waals surface area contributed by atoms with Gasteiger partial charge in [0.2, 0.25) is 17.6 Å². The molecule has 3 aromatic rings. The Labute approximate surface area is 145 Å². The van der Waals surface area contributed by atoms with E-state index in [1.54, 1.807) is 0 Å². The van der Waals surface area contributed by atoms with Crippen molar-refractivity contribution in [1.29, 1.82) is 0 Å². The highest BCUT2D eigenvalue weighted by Crippen LogP contribution is 2.26. The Kier molecular flexibility index (Phi) is 5.09. The van der Waals surface area contributed by atoms with Crippen LogP contribution in [0.3, 0.4) is 0 Å². The number of aromatic nitrogens is 2. The summed E-state index contributed by atoms with van der Waals surface area (Å²) < 4.78 is 11.1. The van der Waals surface area contributed by atoms with Crippen LogP contribution < -0.4 is 10.1 Å². The number of hydrogen-bond acceptors (Lipinski definition) is 5. The minimum atomic E-state index is -0.289. The maximum atomic E-state index is 11.3. The van der Waals surface area contributed by atoms with Crippen molar-refractivity contribution in [1.82, 2.24) is 15.5 Å². The fraction of sp³-hybridized carbons (Fsp3) is 0.211. The fourth-order valence-electron chi connectivity index (χ4n) is 2.40. The molecule has 1 unspecified atom stereocenters. The standard InChI is InChI=1S/C19H19N3O3/c1-3-17(20-13(2)23)19-21-18(22-25-19)14-8-7-11-16(12-14)24-15-9-5-4-6-10-15/h4-12,17H,3H2,1-2H3,(H,20,23). The number of nitrogens with one attached hydrogen (secondary N) is 1. The first-order valence-electron chi connectivity index (χ1n) is 8.09. The van der Waals surface area contributed by atoms with Crippen LogP contribution in [0.5, 0.6) is 11.5 Å². The van der Waals surface area contributed by atoms with Crippen molar-refractivity contribution in [2.24, 2.45) is 0 Å². The van der Waals surface area contributed by atoms with Gasteiger partial charge in [0.05, 0.1) is 0 Å². The molecule has 0 fully saturated rings. The number of hydrogen-bond donors (Lipinski definition) is 1. The van der Waals surface area contributed by atoms with E-state index >= 15 is 0 Å². The van der Waals surface area contributed by atoms with Gasteiger partial charge in [-0.05, 0) is 30.7 Å². The third-order valence-electron chi connectivity index (χ3n) is 3.60. The molecule has 0 radical (unpaired) electrons. The molecule has 0 aliphatic heterocycles. The third-order valence-corrected chi connectivity index (χ3v) is 3.60. The molecule has 1 aromatic heterocycles. The van der Waals surface area contributed by atoms with Gasteiger partial charge in [0.25, 0.3) is 0 Å². The van der Waals surface area contributed by atoms with E-state index < -0.39 is 0 Å². The van der Waals surface area contributed by atoms with Gasteiger partial charge in [0, 0.05) is 12.5 Å². The van der Waals surface area contributed by atoms with E-state index in [1.165, 1.54) is 6.92 Å². The van der Waals surface area contributed by atoms with Crippen LogP contribution in [0.4, 0.5) is 0 Å². The Morgan fingerprint density at radius 2 is 1.92 bits per heavy atom. The van der Waals surface area contributed by atoms with Crippen molar-refractivity contribution in [3.63, 3.8) is 0 Å². The van der Waals surface area contributed by atoms with Crippen molar-refractivity contribution in [3.05, 3.63) is 60.5 Å². The van der Waals surface area contributed by atoms with Crippen LogP contribution >= 0.6 is 0 Å². The van der Waals surface area contributed by atoms with Gasteiger partial charge in [-0.25, -0.2) is 0 Å². The lowest BCUT2D eigenvalue weighted by Gasteiger charge is -2.10. The molecule has 1 heterocycles. The number of carbonyl (C=O) groups excluding carboxylic acids is 1. The van der Waals surface area contributed by atoms with Crippen molar-refractivity contribution in [2.75, 3.05) is 0 Å². The van der Waals surface area contributed by atoms with Gasteiger partial charge in [-0.1, -0.05) is 42.4 Å². The SMILES string of the molecule is CCC(NC(C)=O)c1nc(-c2cccc(Oc3ccccc3)c2)no1. The Balaban J connectivity index is 1.80. The monoisotopic (exact) mass is 337 g/mol. The second-order valence-electron chi connectivity index (χ2n) is 5.56. The maximum absolute atomic E-state index is 11.3. The minimum Gasteiger partial charge on any atom is -0.457 e. The lowest BCUT2D eigenvalue weighted by atomic mass is 10.2. The summed E-state index contributed by atoms with van der Waals surface area (Å²) in [6.07, 6.45) is 0.665. The molecular weight excluding hydrogens is 318 g/mol. The molecule has 0 spiro atoms. The first-order chi connectivity index (χ1) is 12.2. The zero-order valence-electron chi connectivity index (χ0n) is 14.1. The van der Waals surface area contributed by atoms with Crippen molar-refractivity contribution in [2.45, 2.75) is 26.3 Å². The molecule has 0 bridgehead atoms. The smallest absolute Gasteiger partial charge is 0.249 e. The molecule has 2 aromatic carbocycles. The Morgan fingerprint density at radius 1 is 1.16 bits per heavy atom. The normalized spacial score (nSPS) is 11.8. The predicted molar refractivity (Wildman–Crippen MR) is 93.1 cm³/mol. The van der Waals surface area contributed by atoms with Crippen LogP contribution in [0.15, 0.2) is 59.1 Å². The number of para-hydroxylation sites is 1. The van der Waals surface area contributed by atoms with Crippen LogP contribution in [-0.4, -0.2) is 16.0 Å². The summed E-state index contributed by atoms with van der Waals surface area (Å²) in [6, 6.07) is 16.7. The van der Waals surface area contributed by atoms with E-state index in [1.807, 2.05) is 61.5 Å². The van der Waals surface area contributed by atoms with E-state index in [-0.39, 0.29) is 11.9 Å². The van der Waals surface area contributed by atoms with Crippen LogP contribution in [0.2, 0.25) is 0 Å². The highest BCUT2D eigenvalue weighted by molar-refractivity contribution is 5.73. The molecule has 1 atom stereocenters. The maximum Gasteiger partial charge on any atom is 0.249 e. The minimum absolute atomic E-state index is 0.134. The molecule has 128 valence electrons. The topological polar surface area (TPSA) is 77.2 Å². The van der Waals surface area contributed by atoms with Crippen LogP contribution in [0, 0.1) is 0 Å². The van der Waals surface area contributed by atoms with Gasteiger partial charge < -0.3 is 14.6 Å². The number of benzene rings is 2. The van der Waals surface area contributed by atoms with Gasteiger partial charge >= 0.3 is 0 Å². The van der Waals surface area contributed by atoms with E-state index in [4.69, 9.17) is 9.26 Å². The number of amides is 1. The quantitative estimate of drug-likeness (QED) is 0.732. The molecule has 6 heteroatoms. The number of ether oxygens (including phenoxy) is 1. The molecule has 3 rings (SSSR count). The molecule has 1 N–H and O–H groups in total. The Morgan fingerprint density at radius 3 is 2.64 bits per heavy atom. The fourth-order valence-corrected chi connectivity index (χ4v) is 2.40. The van der Waals surface area contributed by atoms with E-state index in [2.05, 4.69) is 15.5 Å². The summed E-state index contributed by atoms with van der Waals surface area (Å²) in [4.78, 5) is 15.7. The molecule has 1 amide bonds. The highest BCUT2D eigenvalue weighted by atomic mass is 16.5. The van der Waals surface area contributed by atoms with Crippen molar-refractivity contribution in [3.8, 4) is 22.9 Å². The van der Waals surface area contributed by atoms with E-state index in [9.17, 15) is 4.79 Å². The van der Waals surface area contributed by atoms with Gasteiger partial charge in [-0.15, -0.1) is 0 Å². The first-order valence-corrected chi connectivity index (χ1v) is 8.09. The first kappa shape index (κ1) is 16.7. The predicted octanol–water partition coefficient (Wildman–Crippen LogP) is 4.12. The number of carbonyl (C=O) groups is 1. The second kappa shape index (κ2) is 7.61. The Hall–Kier alpha value is -3.15. The molecule has 6 nitrogen and oxygen atoms in total. The molecule has 0 saturated carbocycles. The molecular formula is C19H19N3O3. The Bertz CT molecular complexity index is 846. The number of nitrogens with zero attached hydrogens (tertiary/aromatic N) is 2. The van der Waals surface area contributed by atoms with Crippen LogP contribution in [0.25, 0.3) is 11.4 Å². The molecule has 0 saturated heterocycles. The summed E-state index contributed by atoms with van der Waals surface area (Å²) in [5.41, 5.74) is 0.779. The second-order valence-corrected chi connectivity index (χ2v) is 5.56. The van der Waals surface area contributed by atoms with Crippen LogP contribution in [-0.2, 0) is 4.79 Å². The molecule has 0 aliphatic rings. The van der Waals surface area contributed by atoms with Gasteiger partial charge in [-0.2, -0.15) is 4.98 Å². The van der Waals surface area contributed by atoms with Gasteiger partial charge in [0.1, 0.15) is 17.5 Å². The highest BCUT2D eigenvalue weighted by Gasteiger charge is 2.19. The van der Waals surface area contributed by atoms with Crippen molar-refractivity contribution >= 4 is 5.91 Å². The lowest BCUT2D eigenvalue weighted by molar-refractivity contribution is -0.119. The molecule has 25 heavy (non-hydrogen) atoms. The van der Waals surface area contributed by atoms with Gasteiger partial charge in [-0.3, -0.25) is 4.79 Å². The van der Waals surface area contributed by atoms with E-state index in [0.29, 0.717) is 23.9 Å². The van der Waals surface area contributed by atoms with Crippen LogP contribution in [0.1, 0.15) is 32.2 Å². The summed E-state index contributed by atoms with van der Waals surface area (Å²) in [7, 11) is 0. The number of rotatable bonds is 6.